The average molecular weight is 356 g/mol. The molecule has 0 aromatic carbocycles. The minimum Gasteiger partial charge on any atom is -0.369 e. The molecular weight excluding hydrogens is 340 g/mol. The maximum absolute atomic E-state index is 5.86. The fraction of sp³-hybridized carbons (Fsp3) is 0.357. The lowest BCUT2D eigenvalue weighted by atomic mass is 10.2. The molecule has 0 aliphatic carbocycles. The van der Waals surface area contributed by atoms with Crippen LogP contribution < -0.4 is 5.32 Å². The van der Waals surface area contributed by atoms with Gasteiger partial charge in [0.25, 0.3) is 0 Å². The first-order valence-corrected chi connectivity index (χ1v) is 7.75. The Hall–Kier alpha value is -1.20. The summed E-state index contributed by atoms with van der Waals surface area (Å²) in [6.45, 7) is 5.05. The quantitative estimate of drug-likeness (QED) is 0.867. The lowest BCUT2D eigenvalue weighted by Crippen LogP contribution is -2.07. The number of rotatable bonds is 5. The van der Waals surface area contributed by atoms with Gasteiger partial charge in [-0.15, -0.1) is 0 Å². The highest BCUT2D eigenvalue weighted by molar-refractivity contribution is 9.10. The topological polar surface area (TPSA) is 50.7 Å². The number of hydrogen-bond donors (Lipinski definition) is 1. The van der Waals surface area contributed by atoms with E-state index in [-0.39, 0.29) is 0 Å². The highest BCUT2D eigenvalue weighted by atomic mass is 79.9. The van der Waals surface area contributed by atoms with E-state index in [4.69, 9.17) is 11.6 Å². The van der Waals surface area contributed by atoms with Gasteiger partial charge in [-0.2, -0.15) is 0 Å². The van der Waals surface area contributed by atoms with Crippen molar-refractivity contribution in [2.24, 2.45) is 0 Å². The van der Waals surface area contributed by atoms with Gasteiger partial charge in [0, 0.05) is 12.7 Å². The molecule has 1 N–H and O–H groups in total. The number of anilines is 1. The first kappa shape index (κ1) is 15.2. The Kier molecular flexibility index (Phi) is 5.31. The van der Waals surface area contributed by atoms with Crippen molar-refractivity contribution in [2.75, 3.05) is 11.9 Å². The van der Waals surface area contributed by atoms with Gasteiger partial charge in [-0.1, -0.05) is 25.4 Å². The van der Waals surface area contributed by atoms with Crippen molar-refractivity contribution in [1.82, 2.24) is 15.0 Å². The van der Waals surface area contributed by atoms with Gasteiger partial charge in [0.05, 0.1) is 15.2 Å². The van der Waals surface area contributed by atoms with Crippen LogP contribution in [0.3, 0.4) is 0 Å². The van der Waals surface area contributed by atoms with E-state index in [1.54, 1.807) is 12.3 Å². The molecule has 106 valence electrons. The first-order valence-electron chi connectivity index (χ1n) is 6.57. The molecule has 0 unspecified atom stereocenters. The zero-order valence-corrected chi connectivity index (χ0v) is 13.8. The Balaban J connectivity index is 2.44. The summed E-state index contributed by atoms with van der Waals surface area (Å²) in [4.78, 5) is 13.4. The van der Waals surface area contributed by atoms with Crippen molar-refractivity contribution in [1.29, 1.82) is 0 Å². The van der Waals surface area contributed by atoms with Crippen LogP contribution in [0.15, 0.2) is 22.8 Å². The minimum absolute atomic E-state index is 0.603. The Bertz CT molecular complexity index is 586. The van der Waals surface area contributed by atoms with Crippen molar-refractivity contribution >= 4 is 33.3 Å². The summed E-state index contributed by atoms with van der Waals surface area (Å²) in [5.41, 5.74) is 1.68. The van der Waals surface area contributed by atoms with Gasteiger partial charge in [-0.25, -0.2) is 9.97 Å². The van der Waals surface area contributed by atoms with Gasteiger partial charge < -0.3 is 5.32 Å². The van der Waals surface area contributed by atoms with E-state index in [0.717, 1.165) is 41.1 Å². The van der Waals surface area contributed by atoms with Crippen molar-refractivity contribution in [3.8, 4) is 11.5 Å². The molecule has 0 aliphatic heterocycles. The van der Waals surface area contributed by atoms with Crippen molar-refractivity contribution in [3.63, 3.8) is 0 Å². The third kappa shape index (κ3) is 3.46. The van der Waals surface area contributed by atoms with E-state index in [9.17, 15) is 0 Å². The Morgan fingerprint density at radius 3 is 2.65 bits per heavy atom. The number of halogens is 2. The molecular formula is C14H16BrClN4. The second kappa shape index (κ2) is 6.99. The number of nitrogens with zero attached hydrogens (tertiary/aromatic N) is 3. The first-order chi connectivity index (χ1) is 9.65. The minimum atomic E-state index is 0.603. The van der Waals surface area contributed by atoms with Gasteiger partial charge >= 0.3 is 0 Å². The predicted molar refractivity (Wildman–Crippen MR) is 86.1 cm³/mol. The smallest absolute Gasteiger partial charge is 0.180 e. The van der Waals surface area contributed by atoms with Gasteiger partial charge in [-0.3, -0.25) is 4.98 Å². The number of pyridine rings is 1. The van der Waals surface area contributed by atoms with E-state index >= 15 is 0 Å². The number of aryl methyl sites for hydroxylation is 1. The van der Waals surface area contributed by atoms with Gasteiger partial charge in [0.15, 0.2) is 5.82 Å². The van der Waals surface area contributed by atoms with E-state index in [1.807, 2.05) is 6.07 Å². The van der Waals surface area contributed by atoms with Crippen LogP contribution in [-0.4, -0.2) is 21.5 Å². The van der Waals surface area contributed by atoms with E-state index in [0.29, 0.717) is 10.8 Å². The molecule has 4 nitrogen and oxygen atoms in total. The fourth-order valence-corrected chi connectivity index (χ4v) is 2.42. The summed E-state index contributed by atoms with van der Waals surface area (Å²) in [6, 6.07) is 3.62. The Morgan fingerprint density at radius 1 is 1.25 bits per heavy atom. The van der Waals surface area contributed by atoms with Gasteiger partial charge in [0.2, 0.25) is 0 Å². The summed E-state index contributed by atoms with van der Waals surface area (Å²) in [5, 5.41) is 3.91. The van der Waals surface area contributed by atoms with Crippen LogP contribution in [0.4, 0.5) is 5.82 Å². The molecule has 0 spiro atoms. The highest BCUT2D eigenvalue weighted by Crippen LogP contribution is 2.27. The van der Waals surface area contributed by atoms with Crippen molar-refractivity contribution in [3.05, 3.63) is 33.5 Å². The van der Waals surface area contributed by atoms with Crippen LogP contribution in [0.1, 0.15) is 26.0 Å². The fourth-order valence-electron chi connectivity index (χ4n) is 1.71. The molecule has 20 heavy (non-hydrogen) atoms. The van der Waals surface area contributed by atoms with Gasteiger partial charge in [-0.05, 0) is 40.9 Å². The molecule has 0 aliphatic rings. The Labute approximate surface area is 132 Å². The van der Waals surface area contributed by atoms with Crippen LogP contribution in [-0.2, 0) is 6.42 Å². The maximum atomic E-state index is 5.86. The highest BCUT2D eigenvalue weighted by Gasteiger charge is 2.12. The SMILES string of the molecule is CCCNc1nc(-c2ccc(Cl)cn2)nc(CC)c1Br. The number of nitrogens with one attached hydrogen (secondary N) is 1. The second-order valence-electron chi connectivity index (χ2n) is 4.30. The van der Waals surface area contributed by atoms with E-state index in [2.05, 4.69) is 50.0 Å². The molecule has 0 radical (unpaired) electrons. The van der Waals surface area contributed by atoms with Crippen molar-refractivity contribution < 1.29 is 0 Å². The van der Waals surface area contributed by atoms with Crippen LogP contribution in [0.5, 0.6) is 0 Å². The lowest BCUT2D eigenvalue weighted by Gasteiger charge is -2.11. The van der Waals surface area contributed by atoms with E-state index < -0.39 is 0 Å². The molecule has 2 aromatic heterocycles. The van der Waals surface area contributed by atoms with E-state index in [1.165, 1.54) is 0 Å². The third-order valence-electron chi connectivity index (χ3n) is 2.75. The largest absolute Gasteiger partial charge is 0.369 e. The number of hydrogen-bond acceptors (Lipinski definition) is 4. The van der Waals surface area contributed by atoms with Crippen LogP contribution in [0, 0.1) is 0 Å². The van der Waals surface area contributed by atoms with Crippen LogP contribution in [0.25, 0.3) is 11.5 Å². The van der Waals surface area contributed by atoms with Crippen LogP contribution >= 0.6 is 27.5 Å². The predicted octanol–water partition coefficient (Wildman–Crippen LogP) is 4.34. The van der Waals surface area contributed by atoms with Crippen molar-refractivity contribution in [2.45, 2.75) is 26.7 Å². The molecule has 2 heterocycles. The monoisotopic (exact) mass is 354 g/mol. The zero-order valence-electron chi connectivity index (χ0n) is 11.5. The molecule has 6 heteroatoms. The standard InChI is InChI=1S/C14H16BrClN4/c1-3-7-17-14-12(15)10(4-2)19-13(20-14)11-6-5-9(16)8-18-11/h5-6,8H,3-4,7H2,1-2H3,(H,17,19,20). The number of aromatic nitrogens is 3. The molecule has 2 aromatic rings. The molecule has 2 rings (SSSR count). The molecule has 0 fully saturated rings. The van der Waals surface area contributed by atoms with Gasteiger partial charge in [0.1, 0.15) is 11.5 Å². The zero-order chi connectivity index (χ0) is 14.5. The third-order valence-corrected chi connectivity index (χ3v) is 3.81. The molecule has 0 saturated heterocycles. The molecule has 0 amide bonds. The molecule has 0 saturated carbocycles. The molecule has 0 bridgehead atoms. The maximum Gasteiger partial charge on any atom is 0.180 e. The normalized spacial score (nSPS) is 10.6. The summed E-state index contributed by atoms with van der Waals surface area (Å²) in [7, 11) is 0. The summed E-state index contributed by atoms with van der Waals surface area (Å²) in [5.74, 6) is 1.42. The van der Waals surface area contributed by atoms with Crippen LogP contribution in [0.2, 0.25) is 5.02 Å². The summed E-state index contributed by atoms with van der Waals surface area (Å²) in [6.07, 6.45) is 3.46. The lowest BCUT2D eigenvalue weighted by molar-refractivity contribution is 0.941. The summed E-state index contributed by atoms with van der Waals surface area (Å²) >= 11 is 9.42. The summed E-state index contributed by atoms with van der Waals surface area (Å²) < 4.78 is 0.922. The second-order valence-corrected chi connectivity index (χ2v) is 5.53. The average Bonchev–Trinajstić information content (AvgIpc) is 2.47. The molecule has 0 atom stereocenters. The Morgan fingerprint density at radius 2 is 2.05 bits per heavy atom.